The second-order valence-corrected chi connectivity index (χ2v) is 6.60. The van der Waals surface area contributed by atoms with Crippen molar-refractivity contribution < 1.29 is 39.6 Å². The Hall–Kier alpha value is -2.82. The second-order valence-electron chi connectivity index (χ2n) is 6.60. The lowest BCUT2D eigenvalue weighted by atomic mass is 10.1. The van der Waals surface area contributed by atoms with Gasteiger partial charge in [0.15, 0.2) is 12.2 Å². The van der Waals surface area contributed by atoms with E-state index in [1.54, 1.807) is 6.07 Å². The van der Waals surface area contributed by atoms with Gasteiger partial charge in [-0.3, -0.25) is 14.5 Å². The van der Waals surface area contributed by atoms with Gasteiger partial charge in [-0.15, -0.1) is 0 Å². The molecule has 1 aromatic rings. The number of aliphatic hydroxyl groups is 2. The molecule has 10 heteroatoms. The Balaban J connectivity index is 0.000000242. The van der Waals surface area contributed by atoms with Gasteiger partial charge in [-0.2, -0.15) is 0 Å². The third-order valence-corrected chi connectivity index (χ3v) is 4.51. The lowest BCUT2D eigenvalue weighted by molar-refractivity contribution is -0.165. The smallest absolute Gasteiger partial charge is 0.335 e. The van der Waals surface area contributed by atoms with Crippen LogP contribution in [0.4, 0.5) is 0 Å². The van der Waals surface area contributed by atoms with Crippen LogP contribution in [-0.4, -0.2) is 80.4 Å². The molecule has 2 aliphatic rings. The van der Waals surface area contributed by atoms with Crippen molar-refractivity contribution in [2.75, 3.05) is 13.1 Å². The van der Waals surface area contributed by atoms with E-state index in [4.69, 9.17) is 20.4 Å². The molecule has 3 rings (SSSR count). The van der Waals surface area contributed by atoms with Crippen LogP contribution in [0.3, 0.4) is 0 Å². The van der Waals surface area contributed by atoms with E-state index in [1.807, 2.05) is 19.1 Å². The summed E-state index contributed by atoms with van der Waals surface area (Å²) in [5, 5.41) is 35.8. The Morgan fingerprint density at radius 1 is 1.07 bits per heavy atom. The molecule has 3 unspecified atom stereocenters. The minimum Gasteiger partial charge on any atom is -0.479 e. The first-order valence-corrected chi connectivity index (χ1v) is 8.66. The summed E-state index contributed by atoms with van der Waals surface area (Å²) < 4.78 is 0. The standard InChI is InChI=1S/C14H16N2O2.C4H6O6/c1-9-4-5-11-12(7-9)14(18)16(13(11)17)10-3-2-6-15-8-10;5-1(3(7)8)2(6)4(9)10/h4-5,7,10,15H,2-3,6,8H2,1H3;1-2,5-6H,(H,7,8)(H,9,10). The quantitative estimate of drug-likeness (QED) is 0.412. The van der Waals surface area contributed by atoms with Crippen molar-refractivity contribution >= 4 is 23.8 Å². The van der Waals surface area contributed by atoms with Gasteiger partial charge in [-0.25, -0.2) is 9.59 Å². The summed E-state index contributed by atoms with van der Waals surface area (Å²) in [5.41, 5.74) is 2.13. The van der Waals surface area contributed by atoms with Crippen LogP contribution in [-0.2, 0) is 9.59 Å². The highest BCUT2D eigenvalue weighted by Crippen LogP contribution is 2.27. The molecule has 2 heterocycles. The van der Waals surface area contributed by atoms with Crippen LogP contribution in [0.2, 0.25) is 0 Å². The van der Waals surface area contributed by atoms with Crippen LogP contribution in [0.25, 0.3) is 0 Å². The number of carboxylic acids is 2. The number of benzene rings is 1. The molecule has 2 amide bonds. The van der Waals surface area contributed by atoms with Crippen LogP contribution in [0.1, 0.15) is 39.1 Å². The number of aryl methyl sites for hydroxylation is 1. The highest BCUT2D eigenvalue weighted by Gasteiger charge is 2.40. The largest absolute Gasteiger partial charge is 0.479 e. The van der Waals surface area contributed by atoms with Crippen molar-refractivity contribution in [2.45, 2.75) is 38.0 Å². The first-order valence-electron chi connectivity index (χ1n) is 8.66. The van der Waals surface area contributed by atoms with E-state index in [0.29, 0.717) is 17.7 Å². The highest BCUT2D eigenvalue weighted by atomic mass is 16.4. The predicted octanol–water partition coefficient (Wildman–Crippen LogP) is -0.780. The normalized spacial score (nSPS) is 20.7. The number of fused-ring (bicyclic) bond motifs is 1. The zero-order valence-electron chi connectivity index (χ0n) is 15.2. The number of aliphatic hydroxyl groups excluding tert-OH is 2. The number of piperidine rings is 1. The van der Waals surface area contributed by atoms with E-state index in [0.717, 1.165) is 24.9 Å². The minimum atomic E-state index is -2.27. The molecule has 3 atom stereocenters. The van der Waals surface area contributed by atoms with Gasteiger partial charge in [-0.1, -0.05) is 11.6 Å². The van der Waals surface area contributed by atoms with Gasteiger partial charge >= 0.3 is 11.9 Å². The molecule has 1 fully saturated rings. The Morgan fingerprint density at radius 2 is 1.64 bits per heavy atom. The van der Waals surface area contributed by atoms with Crippen LogP contribution in [0.15, 0.2) is 18.2 Å². The molecular formula is C18H22N2O8. The third-order valence-electron chi connectivity index (χ3n) is 4.51. The highest BCUT2D eigenvalue weighted by molar-refractivity contribution is 6.21. The molecule has 152 valence electrons. The van der Waals surface area contributed by atoms with Crippen molar-refractivity contribution in [1.29, 1.82) is 0 Å². The van der Waals surface area contributed by atoms with Gasteiger partial charge in [0, 0.05) is 6.54 Å². The number of carbonyl (C=O) groups is 4. The summed E-state index contributed by atoms with van der Waals surface area (Å²) in [6.07, 6.45) is -2.62. The number of amides is 2. The fourth-order valence-corrected chi connectivity index (χ4v) is 3.03. The number of nitrogens with one attached hydrogen (secondary N) is 1. The summed E-state index contributed by atoms with van der Waals surface area (Å²) in [5.74, 6) is -3.80. The molecule has 0 radical (unpaired) electrons. The second kappa shape index (κ2) is 8.91. The number of carboxylic acid groups (broad SMARTS) is 2. The molecule has 0 saturated carbocycles. The zero-order chi connectivity index (χ0) is 21.0. The van der Waals surface area contributed by atoms with Gasteiger partial charge in [0.2, 0.25) is 0 Å². The lowest BCUT2D eigenvalue weighted by Crippen LogP contribution is -2.48. The molecular weight excluding hydrogens is 372 g/mol. The van der Waals surface area contributed by atoms with E-state index in [9.17, 15) is 19.2 Å². The maximum Gasteiger partial charge on any atom is 0.335 e. The molecule has 1 saturated heterocycles. The van der Waals surface area contributed by atoms with Crippen molar-refractivity contribution in [1.82, 2.24) is 10.2 Å². The van der Waals surface area contributed by atoms with Crippen LogP contribution < -0.4 is 5.32 Å². The van der Waals surface area contributed by atoms with E-state index in [-0.39, 0.29) is 17.9 Å². The first-order chi connectivity index (χ1) is 13.1. The van der Waals surface area contributed by atoms with E-state index in [1.165, 1.54) is 4.90 Å². The van der Waals surface area contributed by atoms with Crippen LogP contribution in [0.5, 0.6) is 0 Å². The van der Waals surface area contributed by atoms with Gasteiger partial charge in [0.25, 0.3) is 11.8 Å². The number of hydrogen-bond donors (Lipinski definition) is 5. The average Bonchev–Trinajstić information content (AvgIpc) is 2.91. The van der Waals surface area contributed by atoms with Gasteiger partial charge < -0.3 is 25.7 Å². The number of imide groups is 1. The first kappa shape index (κ1) is 21.5. The van der Waals surface area contributed by atoms with E-state index >= 15 is 0 Å². The maximum atomic E-state index is 12.3. The molecule has 1 aromatic carbocycles. The monoisotopic (exact) mass is 394 g/mol. The van der Waals surface area contributed by atoms with Gasteiger partial charge in [0.05, 0.1) is 17.2 Å². The molecule has 28 heavy (non-hydrogen) atoms. The molecule has 5 N–H and O–H groups in total. The number of rotatable bonds is 4. The van der Waals surface area contributed by atoms with Gasteiger partial charge in [0.1, 0.15) is 0 Å². The van der Waals surface area contributed by atoms with E-state index in [2.05, 4.69) is 5.32 Å². The van der Waals surface area contributed by atoms with Crippen LogP contribution in [0, 0.1) is 6.92 Å². The lowest BCUT2D eigenvalue weighted by Gasteiger charge is -2.29. The summed E-state index contributed by atoms with van der Waals surface area (Å²) in [7, 11) is 0. The maximum absolute atomic E-state index is 12.3. The summed E-state index contributed by atoms with van der Waals surface area (Å²) in [6.45, 7) is 3.62. The van der Waals surface area contributed by atoms with Gasteiger partial charge in [-0.05, 0) is 38.4 Å². The summed E-state index contributed by atoms with van der Waals surface area (Å²) in [6, 6.07) is 5.46. The number of carbonyl (C=O) groups excluding carboxylic acids is 2. The summed E-state index contributed by atoms with van der Waals surface area (Å²) >= 11 is 0. The molecule has 0 spiro atoms. The number of hydrogen-bond acceptors (Lipinski definition) is 7. The molecule has 0 bridgehead atoms. The molecule has 0 aromatic heterocycles. The van der Waals surface area contributed by atoms with Crippen molar-refractivity contribution in [3.63, 3.8) is 0 Å². The fraction of sp³-hybridized carbons (Fsp3) is 0.444. The SMILES string of the molecule is Cc1ccc2c(c1)C(=O)N(C1CCCNC1)C2=O.O=C(O)C(O)C(O)C(=O)O. The van der Waals surface area contributed by atoms with E-state index < -0.39 is 24.1 Å². The number of nitrogens with zero attached hydrogens (tertiary/aromatic N) is 1. The third kappa shape index (κ3) is 4.53. The molecule has 10 nitrogen and oxygen atoms in total. The fourth-order valence-electron chi connectivity index (χ4n) is 3.03. The van der Waals surface area contributed by atoms with Crippen molar-refractivity contribution in [2.24, 2.45) is 0 Å². The zero-order valence-corrected chi connectivity index (χ0v) is 15.2. The Kier molecular flexibility index (Phi) is 6.84. The average molecular weight is 394 g/mol. The topological polar surface area (TPSA) is 164 Å². The van der Waals surface area contributed by atoms with Crippen LogP contribution >= 0.6 is 0 Å². The Labute approximate surface area is 160 Å². The molecule has 0 aliphatic carbocycles. The van der Waals surface area contributed by atoms with Crippen molar-refractivity contribution in [3.8, 4) is 0 Å². The summed E-state index contributed by atoms with van der Waals surface area (Å²) in [4.78, 5) is 45.6. The van der Waals surface area contributed by atoms with Crippen molar-refractivity contribution in [3.05, 3.63) is 34.9 Å². The Morgan fingerprint density at radius 3 is 2.14 bits per heavy atom. The minimum absolute atomic E-state index is 0.00598. The predicted molar refractivity (Wildman–Crippen MR) is 94.9 cm³/mol. The molecule has 2 aliphatic heterocycles. The Bertz CT molecular complexity index is 770. The number of aliphatic carboxylic acids is 2.